The van der Waals surface area contributed by atoms with Gasteiger partial charge in [-0.1, -0.05) is 77.0 Å². The first-order valence-corrected chi connectivity index (χ1v) is 12.2. The molecule has 0 aromatic heterocycles. The largest absolute Gasteiger partial charge is 0.396 e. The Morgan fingerprint density at radius 1 is 0.656 bits per heavy atom. The molecule has 180 valence electrons. The van der Waals surface area contributed by atoms with Crippen molar-refractivity contribution in [2.45, 2.75) is 91.3 Å². The van der Waals surface area contributed by atoms with Crippen LogP contribution in [0.5, 0.6) is 0 Å². The third-order valence-corrected chi connectivity index (χ3v) is 6.78. The van der Waals surface area contributed by atoms with E-state index >= 15 is 0 Å². The molecule has 0 saturated carbocycles. The lowest BCUT2D eigenvalue weighted by atomic mass is 9.87. The fraction of sp³-hybridized carbons (Fsp3) is 0.643. The highest BCUT2D eigenvalue weighted by Gasteiger charge is 2.22. The van der Waals surface area contributed by atoms with Crippen molar-refractivity contribution < 1.29 is 20.4 Å². The molecule has 2 atom stereocenters. The van der Waals surface area contributed by atoms with Crippen LogP contribution < -0.4 is 0 Å². The number of allylic oxidation sites excluding steroid dienone is 4. The summed E-state index contributed by atoms with van der Waals surface area (Å²) in [6.45, 7) is 8.71. The van der Waals surface area contributed by atoms with Crippen LogP contribution in [0, 0.1) is 10.8 Å². The summed E-state index contributed by atoms with van der Waals surface area (Å²) in [7, 11) is 0. The molecule has 0 heterocycles. The van der Waals surface area contributed by atoms with Crippen molar-refractivity contribution in [1.29, 1.82) is 0 Å². The number of aliphatic hydroxyl groups excluding tert-OH is 4. The highest BCUT2D eigenvalue weighted by Crippen LogP contribution is 2.30. The average Bonchev–Trinajstić information content (AvgIpc) is 3.29. The van der Waals surface area contributed by atoms with Crippen LogP contribution in [-0.4, -0.2) is 45.8 Å². The standard InChI is InChI=1S/C28H44O4/c1-27(2,19-29)17-7-5-9-21-11-13-23(25(21)31)15-16-24-14-12-22(26(24)32)10-6-8-18-28(3,4)20-30/h11-16,25-26,29-32H,5-10,17-20H2,1-4H3/b16-15-. The van der Waals surface area contributed by atoms with E-state index in [0.29, 0.717) is 0 Å². The van der Waals surface area contributed by atoms with E-state index in [4.69, 9.17) is 0 Å². The number of hydrogen-bond donors (Lipinski definition) is 4. The van der Waals surface area contributed by atoms with E-state index in [2.05, 4.69) is 27.7 Å². The predicted molar refractivity (Wildman–Crippen MR) is 132 cm³/mol. The number of unbranched alkanes of at least 4 members (excludes halogenated alkanes) is 2. The van der Waals surface area contributed by atoms with Crippen LogP contribution in [0.2, 0.25) is 0 Å². The second-order valence-electron chi connectivity index (χ2n) is 11.0. The first kappa shape index (κ1) is 26.8. The minimum absolute atomic E-state index is 0.0342. The lowest BCUT2D eigenvalue weighted by Crippen LogP contribution is -2.16. The lowest BCUT2D eigenvalue weighted by Gasteiger charge is -2.21. The van der Waals surface area contributed by atoms with Crippen molar-refractivity contribution in [2.75, 3.05) is 13.2 Å². The maximum Gasteiger partial charge on any atom is 0.100 e. The summed E-state index contributed by atoms with van der Waals surface area (Å²) in [4.78, 5) is 0. The highest BCUT2D eigenvalue weighted by molar-refractivity contribution is 5.48. The van der Waals surface area contributed by atoms with Crippen molar-refractivity contribution in [1.82, 2.24) is 0 Å². The number of rotatable bonds is 14. The minimum Gasteiger partial charge on any atom is -0.396 e. The topological polar surface area (TPSA) is 80.9 Å². The summed E-state index contributed by atoms with van der Waals surface area (Å²) in [6.07, 6.45) is 18.4. The third-order valence-electron chi connectivity index (χ3n) is 6.78. The van der Waals surface area contributed by atoms with E-state index in [0.717, 1.165) is 73.7 Å². The molecule has 0 bridgehead atoms. The maximum atomic E-state index is 10.6. The van der Waals surface area contributed by atoms with Gasteiger partial charge in [0, 0.05) is 13.2 Å². The molecule has 0 aliphatic heterocycles. The molecule has 2 aliphatic rings. The van der Waals surface area contributed by atoms with E-state index in [-0.39, 0.29) is 24.0 Å². The van der Waals surface area contributed by atoms with Gasteiger partial charge < -0.3 is 20.4 Å². The highest BCUT2D eigenvalue weighted by atomic mass is 16.3. The molecule has 4 heteroatoms. The molecule has 0 spiro atoms. The van der Waals surface area contributed by atoms with Gasteiger partial charge in [0.25, 0.3) is 0 Å². The fourth-order valence-electron chi connectivity index (χ4n) is 4.15. The Bertz CT molecular complexity index is 700. The van der Waals surface area contributed by atoms with Gasteiger partial charge in [0.15, 0.2) is 0 Å². The first-order chi connectivity index (χ1) is 15.1. The lowest BCUT2D eigenvalue weighted by molar-refractivity contribution is 0.147. The maximum absolute atomic E-state index is 10.6. The molecule has 0 radical (unpaired) electrons. The molecule has 0 aromatic carbocycles. The predicted octanol–water partition coefficient (Wildman–Crippen LogP) is 5.16. The normalized spacial score (nSPS) is 21.8. The summed E-state index contributed by atoms with van der Waals surface area (Å²) < 4.78 is 0. The van der Waals surface area contributed by atoms with Gasteiger partial charge in [-0.25, -0.2) is 0 Å². The van der Waals surface area contributed by atoms with Crippen molar-refractivity contribution in [3.8, 4) is 0 Å². The smallest absolute Gasteiger partial charge is 0.100 e. The van der Waals surface area contributed by atoms with Gasteiger partial charge in [-0.05, 0) is 71.6 Å². The van der Waals surface area contributed by atoms with Crippen molar-refractivity contribution >= 4 is 0 Å². The molecule has 0 fully saturated rings. The summed E-state index contributed by atoms with van der Waals surface area (Å²) in [6, 6.07) is 0. The Hall–Kier alpha value is -1.46. The molecule has 2 aliphatic carbocycles. The van der Waals surface area contributed by atoms with Gasteiger partial charge >= 0.3 is 0 Å². The summed E-state index contributed by atoms with van der Waals surface area (Å²) in [5.74, 6) is 0. The van der Waals surface area contributed by atoms with Crippen molar-refractivity contribution in [3.05, 3.63) is 58.7 Å². The Morgan fingerprint density at radius 3 is 1.38 bits per heavy atom. The second kappa shape index (κ2) is 12.1. The zero-order chi connectivity index (χ0) is 23.8. The van der Waals surface area contributed by atoms with Crippen LogP contribution in [0.4, 0.5) is 0 Å². The molecule has 4 nitrogen and oxygen atoms in total. The van der Waals surface area contributed by atoms with Gasteiger partial charge in [0.1, 0.15) is 12.2 Å². The molecule has 0 aromatic rings. The minimum atomic E-state index is -0.571. The third kappa shape index (κ3) is 8.15. The van der Waals surface area contributed by atoms with Gasteiger partial charge in [0.05, 0.1) is 0 Å². The van der Waals surface area contributed by atoms with Gasteiger partial charge in [-0.2, -0.15) is 0 Å². The fourth-order valence-corrected chi connectivity index (χ4v) is 4.15. The number of hydrogen-bond acceptors (Lipinski definition) is 4. The molecular formula is C28H44O4. The van der Waals surface area contributed by atoms with Crippen LogP contribution in [0.3, 0.4) is 0 Å². The van der Waals surface area contributed by atoms with E-state index in [1.54, 1.807) is 0 Å². The van der Waals surface area contributed by atoms with E-state index in [1.165, 1.54) is 0 Å². The Labute approximate surface area is 194 Å². The van der Waals surface area contributed by atoms with E-state index in [9.17, 15) is 20.4 Å². The Kier molecular flexibility index (Phi) is 10.2. The Morgan fingerprint density at radius 2 is 1.03 bits per heavy atom. The second-order valence-corrected chi connectivity index (χ2v) is 11.0. The van der Waals surface area contributed by atoms with Gasteiger partial charge in [0.2, 0.25) is 0 Å². The molecule has 2 unspecified atom stereocenters. The molecule has 0 saturated heterocycles. The van der Waals surface area contributed by atoms with Crippen LogP contribution in [0.15, 0.2) is 58.7 Å². The van der Waals surface area contributed by atoms with Crippen LogP contribution in [-0.2, 0) is 0 Å². The van der Waals surface area contributed by atoms with Crippen LogP contribution in [0.1, 0.15) is 79.1 Å². The first-order valence-electron chi connectivity index (χ1n) is 12.2. The van der Waals surface area contributed by atoms with Crippen LogP contribution >= 0.6 is 0 Å². The summed E-state index contributed by atoms with van der Waals surface area (Å²) in [5, 5.41) is 40.0. The molecule has 0 amide bonds. The SMILES string of the molecule is CC(C)(CO)CCCCC1=CC=C(/C=C\C2=CC=C(CCCCC(C)(C)CO)C2O)C1O. The zero-order valence-corrected chi connectivity index (χ0v) is 20.5. The average molecular weight is 445 g/mol. The monoisotopic (exact) mass is 444 g/mol. The summed E-state index contributed by atoms with van der Waals surface area (Å²) in [5.41, 5.74) is 3.74. The van der Waals surface area contributed by atoms with E-state index < -0.39 is 12.2 Å². The summed E-state index contributed by atoms with van der Waals surface area (Å²) >= 11 is 0. The van der Waals surface area contributed by atoms with Crippen molar-refractivity contribution in [3.63, 3.8) is 0 Å². The van der Waals surface area contributed by atoms with Crippen LogP contribution in [0.25, 0.3) is 0 Å². The molecule has 32 heavy (non-hydrogen) atoms. The molecule has 2 rings (SSSR count). The quantitative estimate of drug-likeness (QED) is 0.279. The number of aliphatic hydroxyl groups is 4. The van der Waals surface area contributed by atoms with E-state index in [1.807, 2.05) is 36.5 Å². The Balaban J connectivity index is 1.72. The van der Waals surface area contributed by atoms with Crippen molar-refractivity contribution in [2.24, 2.45) is 10.8 Å². The molecular weight excluding hydrogens is 400 g/mol. The zero-order valence-electron chi connectivity index (χ0n) is 20.5. The van der Waals surface area contributed by atoms with Gasteiger partial charge in [-0.3, -0.25) is 0 Å². The molecule has 4 N–H and O–H groups in total. The van der Waals surface area contributed by atoms with Gasteiger partial charge in [-0.15, -0.1) is 0 Å².